The Kier molecular flexibility index (Phi) is 6.41. The van der Waals surface area contributed by atoms with Crippen LogP contribution in [0.4, 0.5) is 4.39 Å². The number of halogens is 1. The highest BCUT2D eigenvalue weighted by atomic mass is 32.1. The third-order valence-electron chi connectivity index (χ3n) is 5.85. The van der Waals surface area contributed by atoms with Crippen LogP contribution in [0.3, 0.4) is 0 Å². The van der Waals surface area contributed by atoms with Crippen molar-refractivity contribution in [2.45, 2.75) is 19.5 Å². The highest BCUT2D eigenvalue weighted by molar-refractivity contribution is 7.18. The van der Waals surface area contributed by atoms with Crippen LogP contribution in [-0.4, -0.2) is 65.4 Å². The van der Waals surface area contributed by atoms with Gasteiger partial charge >= 0.3 is 0 Å². The molecule has 1 atom stereocenters. The van der Waals surface area contributed by atoms with Crippen molar-refractivity contribution in [3.63, 3.8) is 0 Å². The minimum atomic E-state index is -0.261. The van der Waals surface area contributed by atoms with Crippen molar-refractivity contribution in [2.75, 3.05) is 39.8 Å². The molecule has 0 spiro atoms. The summed E-state index contributed by atoms with van der Waals surface area (Å²) in [4.78, 5) is 23.9. The van der Waals surface area contributed by atoms with Crippen molar-refractivity contribution in [1.82, 2.24) is 19.7 Å². The average molecular weight is 427 g/mol. The Hall–Kier alpha value is -2.35. The second-order valence-electron chi connectivity index (χ2n) is 7.86. The molecule has 1 saturated heterocycles. The van der Waals surface area contributed by atoms with Gasteiger partial charge in [-0.3, -0.25) is 14.6 Å². The van der Waals surface area contributed by atoms with Crippen LogP contribution in [0.15, 0.2) is 48.5 Å². The molecule has 4 rings (SSSR count). The van der Waals surface area contributed by atoms with Crippen molar-refractivity contribution in [1.29, 1.82) is 0 Å². The number of carbonyl (C=O) groups excluding carboxylic acids is 1. The van der Waals surface area contributed by atoms with E-state index in [0.29, 0.717) is 6.54 Å². The molecule has 0 bridgehead atoms. The zero-order chi connectivity index (χ0) is 21.1. The lowest BCUT2D eigenvalue weighted by Crippen LogP contribution is -2.49. The van der Waals surface area contributed by atoms with Gasteiger partial charge in [-0.1, -0.05) is 24.3 Å². The van der Waals surface area contributed by atoms with E-state index in [1.54, 1.807) is 28.4 Å². The monoisotopic (exact) mass is 426 g/mol. The number of benzene rings is 2. The van der Waals surface area contributed by atoms with Crippen LogP contribution in [-0.2, 0) is 11.3 Å². The van der Waals surface area contributed by atoms with Gasteiger partial charge in [0.15, 0.2) is 0 Å². The average Bonchev–Trinajstić information content (AvgIpc) is 3.17. The highest BCUT2D eigenvalue weighted by Gasteiger charge is 2.23. The second-order valence-corrected chi connectivity index (χ2v) is 8.97. The predicted octanol–water partition coefficient (Wildman–Crippen LogP) is 3.77. The molecule has 2 heterocycles. The molecule has 30 heavy (non-hydrogen) atoms. The molecule has 1 aromatic heterocycles. The van der Waals surface area contributed by atoms with E-state index in [1.165, 1.54) is 16.8 Å². The first-order valence-electron chi connectivity index (χ1n) is 10.3. The Balaban J connectivity index is 1.26. The first-order valence-corrected chi connectivity index (χ1v) is 11.1. The van der Waals surface area contributed by atoms with Crippen LogP contribution in [0.1, 0.15) is 23.5 Å². The van der Waals surface area contributed by atoms with Crippen LogP contribution in [0.5, 0.6) is 0 Å². The zero-order valence-corrected chi connectivity index (χ0v) is 18.2. The summed E-state index contributed by atoms with van der Waals surface area (Å²) >= 11 is 1.76. The molecule has 1 fully saturated rings. The Labute approximate surface area is 180 Å². The van der Waals surface area contributed by atoms with E-state index in [0.717, 1.165) is 48.8 Å². The van der Waals surface area contributed by atoms with E-state index in [4.69, 9.17) is 4.98 Å². The number of amides is 1. The minimum absolute atomic E-state index is 0.0848. The summed E-state index contributed by atoms with van der Waals surface area (Å²) in [6.07, 6.45) is 0. The molecular weight excluding hydrogens is 399 g/mol. The van der Waals surface area contributed by atoms with Crippen molar-refractivity contribution in [3.8, 4) is 0 Å². The second kappa shape index (κ2) is 9.20. The summed E-state index contributed by atoms with van der Waals surface area (Å²) in [6.45, 7) is 6.85. The van der Waals surface area contributed by atoms with E-state index in [-0.39, 0.29) is 17.8 Å². The Morgan fingerprint density at radius 2 is 1.77 bits per heavy atom. The molecule has 1 aliphatic heterocycles. The molecule has 0 saturated carbocycles. The minimum Gasteiger partial charge on any atom is -0.338 e. The number of nitrogens with zero attached hydrogens (tertiary/aromatic N) is 4. The number of carbonyl (C=O) groups is 1. The molecule has 158 valence electrons. The largest absolute Gasteiger partial charge is 0.338 e. The molecule has 0 radical (unpaired) electrons. The van der Waals surface area contributed by atoms with Crippen LogP contribution in [0.2, 0.25) is 0 Å². The fourth-order valence-corrected chi connectivity index (χ4v) is 4.78. The van der Waals surface area contributed by atoms with Crippen LogP contribution < -0.4 is 0 Å². The molecule has 2 aromatic carbocycles. The smallest absolute Gasteiger partial charge is 0.236 e. The summed E-state index contributed by atoms with van der Waals surface area (Å²) in [7, 11) is 1.82. The number of rotatable bonds is 6. The quantitative estimate of drug-likeness (QED) is 0.602. The van der Waals surface area contributed by atoms with Crippen molar-refractivity contribution in [2.24, 2.45) is 0 Å². The van der Waals surface area contributed by atoms with Crippen LogP contribution in [0, 0.1) is 5.82 Å². The van der Waals surface area contributed by atoms with Gasteiger partial charge in [-0.25, -0.2) is 9.37 Å². The molecule has 1 unspecified atom stereocenters. The van der Waals surface area contributed by atoms with Gasteiger partial charge in [0.05, 0.1) is 29.3 Å². The molecule has 7 heteroatoms. The highest BCUT2D eigenvalue weighted by Crippen LogP contribution is 2.23. The molecule has 5 nitrogen and oxygen atoms in total. The normalized spacial score (nSPS) is 16.6. The van der Waals surface area contributed by atoms with Crippen LogP contribution >= 0.6 is 11.3 Å². The summed E-state index contributed by atoms with van der Waals surface area (Å²) in [6, 6.07) is 14.5. The maximum atomic E-state index is 13.1. The molecule has 1 amide bonds. The summed E-state index contributed by atoms with van der Waals surface area (Å²) < 4.78 is 14.4. The topological polar surface area (TPSA) is 39.7 Å². The van der Waals surface area contributed by atoms with Crippen molar-refractivity contribution >= 4 is 27.5 Å². The number of likely N-dealkylation sites (N-methyl/N-ethyl adjacent to an activating group) is 1. The molecule has 0 aliphatic carbocycles. The number of fused-ring (bicyclic) bond motifs is 1. The van der Waals surface area contributed by atoms with Gasteiger partial charge in [0.25, 0.3) is 0 Å². The molecule has 0 N–H and O–H groups in total. The lowest BCUT2D eigenvalue weighted by Gasteiger charge is -2.35. The number of hydrogen-bond donors (Lipinski definition) is 0. The number of para-hydroxylation sites is 1. The van der Waals surface area contributed by atoms with Gasteiger partial charge in [-0.15, -0.1) is 11.3 Å². The maximum Gasteiger partial charge on any atom is 0.236 e. The lowest BCUT2D eigenvalue weighted by atomic mass is 10.1. The Bertz CT molecular complexity index is 965. The van der Waals surface area contributed by atoms with Gasteiger partial charge in [0.1, 0.15) is 10.8 Å². The predicted molar refractivity (Wildman–Crippen MR) is 119 cm³/mol. The van der Waals surface area contributed by atoms with E-state index in [9.17, 15) is 9.18 Å². The van der Waals surface area contributed by atoms with Crippen molar-refractivity contribution in [3.05, 3.63) is 64.9 Å². The number of hydrogen-bond acceptors (Lipinski definition) is 5. The number of piperazine rings is 1. The SMILES string of the molecule is CC(c1ccc(F)cc1)N(C)C(=O)CN1CCN(Cc2nc3ccccc3s2)CC1. The van der Waals surface area contributed by atoms with E-state index >= 15 is 0 Å². The van der Waals surface area contributed by atoms with Gasteiger partial charge in [0, 0.05) is 33.2 Å². The third kappa shape index (κ3) is 4.86. The Morgan fingerprint density at radius 1 is 1.10 bits per heavy atom. The Morgan fingerprint density at radius 3 is 2.47 bits per heavy atom. The van der Waals surface area contributed by atoms with Gasteiger partial charge in [0.2, 0.25) is 5.91 Å². The number of aromatic nitrogens is 1. The first kappa shape index (κ1) is 20.9. The van der Waals surface area contributed by atoms with Crippen LogP contribution in [0.25, 0.3) is 10.2 Å². The summed E-state index contributed by atoms with van der Waals surface area (Å²) in [5.74, 6) is -0.171. The van der Waals surface area contributed by atoms with Crippen molar-refractivity contribution < 1.29 is 9.18 Å². The molecule has 3 aromatic rings. The van der Waals surface area contributed by atoms with E-state index in [2.05, 4.69) is 21.9 Å². The van der Waals surface area contributed by atoms with Gasteiger partial charge in [-0.2, -0.15) is 0 Å². The first-order chi connectivity index (χ1) is 14.5. The number of thiazole rings is 1. The van der Waals surface area contributed by atoms with E-state index < -0.39 is 0 Å². The zero-order valence-electron chi connectivity index (χ0n) is 17.4. The molecular formula is C23H27FN4OS. The summed E-state index contributed by atoms with van der Waals surface area (Å²) in [5.41, 5.74) is 2.01. The maximum absolute atomic E-state index is 13.1. The third-order valence-corrected chi connectivity index (χ3v) is 6.87. The van der Waals surface area contributed by atoms with Gasteiger partial charge in [-0.05, 0) is 36.8 Å². The fourth-order valence-electron chi connectivity index (χ4n) is 3.77. The fraction of sp³-hybridized carbons (Fsp3) is 0.391. The van der Waals surface area contributed by atoms with E-state index in [1.807, 2.05) is 26.1 Å². The molecule has 1 aliphatic rings. The standard InChI is InChI=1S/C23H27FN4OS/c1-17(18-7-9-19(24)10-8-18)26(2)23(29)16-28-13-11-27(12-14-28)15-22-25-20-5-3-4-6-21(20)30-22/h3-10,17H,11-16H2,1-2H3. The van der Waals surface area contributed by atoms with Gasteiger partial charge < -0.3 is 4.90 Å². The lowest BCUT2D eigenvalue weighted by molar-refractivity contribution is -0.133. The summed E-state index contributed by atoms with van der Waals surface area (Å²) in [5, 5.41) is 1.15.